The number of alkyl halides is 3. The van der Waals surface area contributed by atoms with E-state index in [0.29, 0.717) is 42.4 Å². The zero-order valence-electron chi connectivity index (χ0n) is 19.9. The van der Waals surface area contributed by atoms with Gasteiger partial charge in [0.05, 0.1) is 27.2 Å². The third-order valence-corrected chi connectivity index (χ3v) is 7.47. The Balaban J connectivity index is 1.69. The molecule has 0 saturated carbocycles. The van der Waals surface area contributed by atoms with Crippen molar-refractivity contribution in [2.24, 2.45) is 5.92 Å². The maximum absolute atomic E-state index is 13.4. The lowest BCUT2D eigenvalue weighted by molar-refractivity contribution is -0.139. The van der Waals surface area contributed by atoms with Gasteiger partial charge in [-0.25, -0.2) is 4.98 Å². The molecule has 1 saturated heterocycles. The Hall–Kier alpha value is -2.82. The number of rotatable bonds is 5. The van der Waals surface area contributed by atoms with Gasteiger partial charge >= 0.3 is 12.1 Å². The lowest BCUT2D eigenvalue weighted by Crippen LogP contribution is -2.39. The molecule has 12 heteroatoms. The number of nitrogens with zero attached hydrogens (tertiary/aromatic N) is 3. The zero-order chi connectivity index (χ0) is 27.2. The van der Waals surface area contributed by atoms with E-state index in [1.165, 1.54) is 23.9 Å². The summed E-state index contributed by atoms with van der Waals surface area (Å²) in [6.07, 6.45) is -2.26. The fourth-order valence-corrected chi connectivity index (χ4v) is 5.48. The summed E-state index contributed by atoms with van der Waals surface area (Å²) in [6.45, 7) is 3.82. The van der Waals surface area contributed by atoms with Crippen molar-refractivity contribution in [1.82, 2.24) is 14.5 Å². The molecular formula is C25H24Cl2F3N3O4. The quantitative estimate of drug-likeness (QED) is 0.384. The number of aliphatic hydroxyl groups excluding tert-OH is 1. The lowest BCUT2D eigenvalue weighted by Gasteiger charge is -2.31. The highest BCUT2D eigenvalue weighted by molar-refractivity contribution is 6.37. The number of carboxylic acid groups (broad SMARTS) is 1. The molecule has 1 aromatic carbocycles. The van der Waals surface area contributed by atoms with E-state index in [9.17, 15) is 27.9 Å². The molecule has 2 N–H and O–H groups in total. The topological polar surface area (TPSA) is 95.7 Å². The predicted octanol–water partition coefficient (Wildman–Crippen LogP) is 5.84. The molecule has 1 fully saturated rings. The molecule has 1 atom stereocenters. The van der Waals surface area contributed by atoms with Gasteiger partial charge in [-0.2, -0.15) is 13.2 Å². The first-order valence-corrected chi connectivity index (χ1v) is 12.3. The van der Waals surface area contributed by atoms with E-state index < -0.39 is 29.8 Å². The van der Waals surface area contributed by atoms with E-state index in [1.807, 2.05) is 0 Å². The number of pyridine rings is 1. The molecule has 7 nitrogen and oxygen atoms in total. The number of fused-ring (bicyclic) bond motifs is 1. The molecule has 1 amide bonds. The van der Waals surface area contributed by atoms with Crippen LogP contribution >= 0.6 is 23.2 Å². The van der Waals surface area contributed by atoms with Crippen molar-refractivity contribution in [3.8, 4) is 0 Å². The summed E-state index contributed by atoms with van der Waals surface area (Å²) in [6, 6.07) is 2.02. The second kappa shape index (κ2) is 10.2. The summed E-state index contributed by atoms with van der Waals surface area (Å²) in [4.78, 5) is 29.8. The van der Waals surface area contributed by atoms with Gasteiger partial charge in [-0.1, -0.05) is 23.2 Å². The molecule has 4 rings (SSSR count). The Morgan fingerprint density at radius 1 is 1.16 bits per heavy atom. The van der Waals surface area contributed by atoms with Crippen LogP contribution in [-0.4, -0.2) is 49.6 Å². The van der Waals surface area contributed by atoms with Crippen molar-refractivity contribution in [2.75, 3.05) is 13.1 Å². The van der Waals surface area contributed by atoms with Gasteiger partial charge in [0, 0.05) is 37.3 Å². The number of aromatic nitrogens is 2. The fraction of sp³-hybridized carbons (Fsp3) is 0.400. The summed E-state index contributed by atoms with van der Waals surface area (Å²) in [5.41, 5.74) is 0.313. The zero-order valence-corrected chi connectivity index (χ0v) is 21.5. The van der Waals surface area contributed by atoms with Crippen LogP contribution in [0.1, 0.15) is 58.1 Å². The van der Waals surface area contributed by atoms with E-state index in [2.05, 4.69) is 4.98 Å². The number of likely N-dealkylation sites (tertiary alicyclic amines) is 1. The molecule has 0 spiro atoms. The number of amides is 1. The minimum atomic E-state index is -4.53. The van der Waals surface area contributed by atoms with Crippen molar-refractivity contribution in [3.05, 3.63) is 62.5 Å². The largest absolute Gasteiger partial charge is 0.481 e. The Kier molecular flexibility index (Phi) is 7.47. The van der Waals surface area contributed by atoms with Crippen molar-refractivity contribution in [2.45, 2.75) is 45.5 Å². The minimum absolute atomic E-state index is 0.0149. The molecule has 1 aliphatic rings. The third kappa shape index (κ3) is 5.28. The minimum Gasteiger partial charge on any atom is -0.481 e. The van der Waals surface area contributed by atoms with Crippen LogP contribution in [0.4, 0.5) is 13.2 Å². The third-order valence-electron chi connectivity index (χ3n) is 6.76. The van der Waals surface area contributed by atoms with Crippen LogP contribution in [0.2, 0.25) is 10.2 Å². The molecule has 3 aromatic rings. The molecule has 37 heavy (non-hydrogen) atoms. The number of aliphatic hydroxyl groups is 1. The summed E-state index contributed by atoms with van der Waals surface area (Å²) in [5, 5.41) is 20.3. The SMILES string of the molecule is Cc1cn(C(O)c2c(Cl)ncc(C(=O)N3CCC(CC(=O)O)CC3)c2Cl)c2c(C)cc(C(F)(F)F)cc12. The van der Waals surface area contributed by atoms with Crippen LogP contribution in [0.15, 0.2) is 24.5 Å². The number of piperidine rings is 1. The average molecular weight is 558 g/mol. The van der Waals surface area contributed by atoms with Gasteiger partial charge in [-0.3, -0.25) is 9.59 Å². The van der Waals surface area contributed by atoms with Crippen LogP contribution in [0, 0.1) is 19.8 Å². The van der Waals surface area contributed by atoms with Crippen molar-refractivity contribution >= 4 is 46.0 Å². The first-order valence-electron chi connectivity index (χ1n) is 11.5. The molecule has 0 bridgehead atoms. The molecule has 1 aliphatic heterocycles. The van der Waals surface area contributed by atoms with Crippen LogP contribution in [0.5, 0.6) is 0 Å². The summed E-state index contributed by atoms with van der Waals surface area (Å²) in [5.74, 6) is -1.34. The molecule has 0 radical (unpaired) electrons. The highest BCUT2D eigenvalue weighted by Gasteiger charge is 2.33. The molecule has 0 aliphatic carbocycles. The molecule has 2 aromatic heterocycles. The number of aryl methyl sites for hydroxylation is 2. The van der Waals surface area contributed by atoms with Gasteiger partial charge in [0.2, 0.25) is 0 Å². The predicted molar refractivity (Wildman–Crippen MR) is 132 cm³/mol. The molecule has 3 heterocycles. The average Bonchev–Trinajstić information content (AvgIpc) is 3.15. The number of benzene rings is 1. The number of aliphatic carboxylic acids is 1. The van der Waals surface area contributed by atoms with Gasteiger partial charge in [-0.05, 0) is 55.9 Å². The highest BCUT2D eigenvalue weighted by Crippen LogP contribution is 2.39. The Morgan fingerprint density at radius 2 is 1.81 bits per heavy atom. The molecule has 198 valence electrons. The Bertz CT molecular complexity index is 1380. The number of halogens is 5. The van der Waals surface area contributed by atoms with Gasteiger partial charge < -0.3 is 19.7 Å². The van der Waals surface area contributed by atoms with Crippen molar-refractivity contribution < 1.29 is 33.0 Å². The first-order chi connectivity index (χ1) is 17.3. The van der Waals surface area contributed by atoms with Gasteiger partial charge in [-0.15, -0.1) is 0 Å². The first kappa shape index (κ1) is 27.2. The van der Waals surface area contributed by atoms with Gasteiger partial charge in [0.25, 0.3) is 5.91 Å². The fourth-order valence-electron chi connectivity index (χ4n) is 4.87. The number of carbonyl (C=O) groups excluding carboxylic acids is 1. The Labute approximate surface area is 220 Å². The summed E-state index contributed by atoms with van der Waals surface area (Å²) >= 11 is 12.9. The maximum Gasteiger partial charge on any atom is 0.416 e. The normalized spacial score (nSPS) is 15.8. The van der Waals surface area contributed by atoms with Gasteiger partial charge in [0.1, 0.15) is 5.15 Å². The lowest BCUT2D eigenvalue weighted by atomic mass is 9.93. The van der Waals surface area contributed by atoms with Crippen LogP contribution in [0.25, 0.3) is 10.9 Å². The summed E-state index contributed by atoms with van der Waals surface area (Å²) in [7, 11) is 0. The number of carboxylic acids is 1. The summed E-state index contributed by atoms with van der Waals surface area (Å²) < 4.78 is 41.4. The second-order valence-corrected chi connectivity index (χ2v) is 10.0. The van der Waals surface area contributed by atoms with Crippen molar-refractivity contribution in [1.29, 1.82) is 0 Å². The Morgan fingerprint density at radius 3 is 2.41 bits per heavy atom. The van der Waals surface area contributed by atoms with Crippen molar-refractivity contribution in [3.63, 3.8) is 0 Å². The maximum atomic E-state index is 13.4. The monoisotopic (exact) mass is 557 g/mol. The van der Waals surface area contributed by atoms with E-state index in [4.69, 9.17) is 28.3 Å². The van der Waals surface area contributed by atoms with E-state index in [1.54, 1.807) is 11.8 Å². The van der Waals surface area contributed by atoms with Crippen LogP contribution in [-0.2, 0) is 11.0 Å². The van der Waals surface area contributed by atoms with Crippen LogP contribution in [0.3, 0.4) is 0 Å². The van der Waals surface area contributed by atoms with Gasteiger partial charge in [0.15, 0.2) is 6.23 Å². The van der Waals surface area contributed by atoms with E-state index in [0.717, 1.165) is 12.1 Å². The number of carbonyl (C=O) groups is 2. The number of hydrogen-bond donors (Lipinski definition) is 2. The smallest absolute Gasteiger partial charge is 0.416 e. The number of hydrogen-bond acceptors (Lipinski definition) is 4. The molecule has 1 unspecified atom stereocenters. The standard InChI is InChI=1S/C25H24Cl2F3N3O4/c1-12-7-15(25(28,29)30)9-16-13(2)11-33(21(12)16)24(37)19-20(26)17(10-31-22(19)27)23(36)32-5-3-14(4-6-32)8-18(34)35/h7,9-11,14,24,37H,3-6,8H2,1-2H3,(H,34,35). The van der Waals surface area contributed by atoms with E-state index >= 15 is 0 Å². The molecular weight excluding hydrogens is 534 g/mol. The van der Waals surface area contributed by atoms with Crippen LogP contribution < -0.4 is 0 Å². The van der Waals surface area contributed by atoms with E-state index in [-0.39, 0.29) is 39.2 Å². The highest BCUT2D eigenvalue weighted by atomic mass is 35.5. The second-order valence-electron chi connectivity index (χ2n) is 9.30.